The van der Waals surface area contributed by atoms with Crippen molar-refractivity contribution in [2.45, 2.75) is 39.3 Å². The third-order valence-corrected chi connectivity index (χ3v) is 6.73. The molecule has 3 heterocycles. The molecule has 6 rings (SSSR count). The average Bonchev–Trinajstić information content (AvgIpc) is 3.67. The molecule has 5 aromatic rings. The lowest BCUT2D eigenvalue weighted by molar-refractivity contribution is 0.0931. The van der Waals surface area contributed by atoms with E-state index in [4.69, 9.17) is 4.42 Å². The number of aromatic amines is 1. The quantitative estimate of drug-likeness (QED) is 0.312. The highest BCUT2D eigenvalue weighted by Gasteiger charge is 2.28. The molecule has 3 N–H and O–H groups in total. The highest BCUT2D eigenvalue weighted by Crippen LogP contribution is 2.36. The van der Waals surface area contributed by atoms with Crippen molar-refractivity contribution in [1.82, 2.24) is 46.2 Å². The molecule has 0 fully saturated rings. The first-order valence-corrected chi connectivity index (χ1v) is 12.1. The number of aryl methyl sites for hydroxylation is 1. The van der Waals surface area contributed by atoms with Gasteiger partial charge >= 0.3 is 0 Å². The second kappa shape index (κ2) is 9.47. The normalized spacial score (nSPS) is 14.4. The van der Waals surface area contributed by atoms with E-state index >= 15 is 0 Å². The zero-order valence-electron chi connectivity index (χ0n) is 20.6. The van der Waals surface area contributed by atoms with E-state index in [9.17, 15) is 9.59 Å². The van der Waals surface area contributed by atoms with E-state index in [0.717, 1.165) is 40.6 Å². The van der Waals surface area contributed by atoms with Crippen molar-refractivity contribution in [3.8, 4) is 11.4 Å². The highest BCUT2D eigenvalue weighted by atomic mass is 16.3. The summed E-state index contributed by atoms with van der Waals surface area (Å²) in [7, 11) is 0. The number of hydrogen-bond donors (Lipinski definition) is 3. The fourth-order valence-corrected chi connectivity index (χ4v) is 4.86. The van der Waals surface area contributed by atoms with Crippen molar-refractivity contribution in [3.05, 3.63) is 82.3 Å². The topological polar surface area (TPSA) is 164 Å². The Morgan fingerprint density at radius 1 is 1.08 bits per heavy atom. The molecule has 1 atom stereocenters. The smallest absolute Gasteiger partial charge is 0.270 e. The lowest BCUT2D eigenvalue weighted by Crippen LogP contribution is -2.29. The summed E-state index contributed by atoms with van der Waals surface area (Å²) >= 11 is 0. The van der Waals surface area contributed by atoms with Crippen LogP contribution >= 0.6 is 0 Å². The second-order valence-electron chi connectivity index (χ2n) is 9.11. The number of nitrogens with one attached hydrogen (secondary N) is 3. The minimum Gasteiger partial charge on any atom is -0.441 e. The summed E-state index contributed by atoms with van der Waals surface area (Å²) in [5.74, 6) is 0.343. The molecule has 0 spiro atoms. The molecule has 0 bridgehead atoms. The van der Waals surface area contributed by atoms with Crippen molar-refractivity contribution >= 4 is 22.9 Å². The third kappa shape index (κ3) is 4.36. The summed E-state index contributed by atoms with van der Waals surface area (Å²) in [5, 5.41) is 20.1. The molecule has 0 aliphatic heterocycles. The van der Waals surface area contributed by atoms with Crippen LogP contribution < -0.4 is 10.6 Å². The van der Waals surface area contributed by atoms with Gasteiger partial charge in [0.1, 0.15) is 23.2 Å². The van der Waals surface area contributed by atoms with Gasteiger partial charge in [0.2, 0.25) is 5.82 Å². The summed E-state index contributed by atoms with van der Waals surface area (Å²) in [6.07, 6.45) is 2.79. The van der Waals surface area contributed by atoms with Gasteiger partial charge in [0.25, 0.3) is 11.8 Å². The summed E-state index contributed by atoms with van der Waals surface area (Å²) in [5.41, 5.74) is 6.71. The van der Waals surface area contributed by atoms with E-state index in [1.807, 2.05) is 37.3 Å². The van der Waals surface area contributed by atoms with Crippen LogP contribution in [0.25, 0.3) is 22.5 Å². The Morgan fingerprint density at radius 3 is 2.74 bits per heavy atom. The molecule has 0 radical (unpaired) electrons. The molecule has 2 aromatic carbocycles. The van der Waals surface area contributed by atoms with Gasteiger partial charge in [0.15, 0.2) is 11.5 Å². The number of oxazole rings is 1. The fourth-order valence-electron chi connectivity index (χ4n) is 4.86. The summed E-state index contributed by atoms with van der Waals surface area (Å²) < 4.78 is 5.48. The van der Waals surface area contributed by atoms with Crippen LogP contribution in [0.4, 0.5) is 0 Å². The number of amides is 2. The van der Waals surface area contributed by atoms with Crippen molar-refractivity contribution in [2.75, 3.05) is 0 Å². The number of hydrogen-bond acceptors (Lipinski definition) is 9. The molecule has 190 valence electrons. The van der Waals surface area contributed by atoms with E-state index in [1.165, 1.54) is 18.0 Å². The van der Waals surface area contributed by atoms with Gasteiger partial charge in [-0.05, 0) is 59.4 Å². The molecule has 38 heavy (non-hydrogen) atoms. The molecule has 0 saturated carbocycles. The Labute approximate surface area is 216 Å². The van der Waals surface area contributed by atoms with Crippen molar-refractivity contribution < 1.29 is 14.0 Å². The van der Waals surface area contributed by atoms with E-state index in [2.05, 4.69) is 46.2 Å². The number of nitrogens with zero attached hydrogens (tertiary/aromatic N) is 6. The SMILES string of the molecule is Cc1nc2cc(CNC(=O)c3cc(C(=O)N[C@H]4CCc5c4ccc(-c4nn[nH]n4)c5C)ncn3)ccc2o1. The third-order valence-electron chi connectivity index (χ3n) is 6.73. The molecule has 12 heteroatoms. The van der Waals surface area contributed by atoms with Gasteiger partial charge in [-0.3, -0.25) is 9.59 Å². The van der Waals surface area contributed by atoms with Gasteiger partial charge in [0.05, 0.1) is 6.04 Å². The zero-order valence-corrected chi connectivity index (χ0v) is 20.6. The maximum absolute atomic E-state index is 13.0. The number of carbonyl (C=O) groups excluding carboxylic acids is 2. The molecule has 3 aromatic heterocycles. The number of carbonyl (C=O) groups is 2. The van der Waals surface area contributed by atoms with Crippen LogP contribution in [0.5, 0.6) is 0 Å². The molecule has 0 saturated heterocycles. The lowest BCUT2D eigenvalue weighted by atomic mass is 9.97. The molecular formula is C26H23N9O3. The monoisotopic (exact) mass is 509 g/mol. The van der Waals surface area contributed by atoms with Gasteiger partial charge in [-0.25, -0.2) is 15.0 Å². The van der Waals surface area contributed by atoms with E-state index in [1.54, 1.807) is 6.92 Å². The van der Waals surface area contributed by atoms with Crippen LogP contribution in [0.2, 0.25) is 0 Å². The Morgan fingerprint density at radius 2 is 1.92 bits per heavy atom. The first kappa shape index (κ1) is 23.4. The van der Waals surface area contributed by atoms with Crippen LogP contribution in [-0.2, 0) is 13.0 Å². The number of H-pyrrole nitrogens is 1. The predicted octanol–water partition coefficient (Wildman–Crippen LogP) is 2.76. The molecular weight excluding hydrogens is 486 g/mol. The van der Waals surface area contributed by atoms with E-state index in [0.29, 0.717) is 17.3 Å². The Balaban J connectivity index is 1.13. The first-order valence-electron chi connectivity index (χ1n) is 12.1. The van der Waals surface area contributed by atoms with E-state index in [-0.39, 0.29) is 29.9 Å². The standard InChI is InChI=1S/C26H23N9O3/c1-13-16-6-7-19(18(16)5-4-17(13)24-32-34-35-33-24)31-26(37)22-10-21(28-12-29-22)25(36)27-11-15-3-8-23-20(9-15)30-14(2)38-23/h3-5,8-10,12,19H,6-7,11H2,1-2H3,(H,27,36)(H,31,37)(H,32,33,34,35)/t19-/m0/s1. The Kier molecular flexibility index (Phi) is 5.83. The van der Waals surface area contributed by atoms with Crippen LogP contribution in [0.1, 0.15) is 61.6 Å². The summed E-state index contributed by atoms with van der Waals surface area (Å²) in [6.45, 7) is 4.08. The van der Waals surface area contributed by atoms with Gasteiger partial charge in [-0.2, -0.15) is 5.21 Å². The maximum atomic E-state index is 13.0. The molecule has 1 aliphatic rings. The van der Waals surface area contributed by atoms with Crippen molar-refractivity contribution in [2.24, 2.45) is 0 Å². The first-order chi connectivity index (χ1) is 18.5. The van der Waals surface area contributed by atoms with Crippen LogP contribution in [-0.4, -0.2) is 47.4 Å². The minimum absolute atomic E-state index is 0.107. The van der Waals surface area contributed by atoms with Gasteiger partial charge in [-0.1, -0.05) is 18.2 Å². The van der Waals surface area contributed by atoms with Gasteiger partial charge in [0, 0.05) is 25.1 Å². The van der Waals surface area contributed by atoms with Crippen molar-refractivity contribution in [3.63, 3.8) is 0 Å². The van der Waals surface area contributed by atoms with Gasteiger partial charge < -0.3 is 15.1 Å². The largest absolute Gasteiger partial charge is 0.441 e. The molecule has 1 aliphatic carbocycles. The highest BCUT2D eigenvalue weighted by molar-refractivity contribution is 5.97. The zero-order chi connectivity index (χ0) is 26.2. The minimum atomic E-state index is -0.409. The van der Waals surface area contributed by atoms with Crippen LogP contribution in [0.3, 0.4) is 0 Å². The number of benzene rings is 2. The predicted molar refractivity (Wildman–Crippen MR) is 135 cm³/mol. The van der Waals surface area contributed by atoms with Crippen LogP contribution in [0, 0.1) is 13.8 Å². The number of tetrazole rings is 1. The lowest BCUT2D eigenvalue weighted by Gasteiger charge is -2.15. The maximum Gasteiger partial charge on any atom is 0.270 e. The molecule has 12 nitrogen and oxygen atoms in total. The van der Waals surface area contributed by atoms with Crippen molar-refractivity contribution in [1.29, 1.82) is 0 Å². The fraction of sp³-hybridized carbons (Fsp3) is 0.231. The summed E-state index contributed by atoms with van der Waals surface area (Å²) in [4.78, 5) is 38.3. The van der Waals surface area contributed by atoms with Gasteiger partial charge in [-0.15, -0.1) is 10.2 Å². The van der Waals surface area contributed by atoms with Crippen LogP contribution in [0.15, 0.2) is 47.1 Å². The second-order valence-corrected chi connectivity index (χ2v) is 9.11. The Hall–Kier alpha value is -5.00. The molecule has 0 unspecified atom stereocenters. The number of rotatable bonds is 6. The summed E-state index contributed by atoms with van der Waals surface area (Å²) in [6, 6.07) is 10.7. The molecule has 2 amide bonds. The Bertz CT molecular complexity index is 1680. The number of aromatic nitrogens is 7. The van der Waals surface area contributed by atoms with E-state index < -0.39 is 5.91 Å². The number of fused-ring (bicyclic) bond motifs is 2. The average molecular weight is 510 g/mol.